The summed E-state index contributed by atoms with van der Waals surface area (Å²) in [4.78, 5) is 4.15. The van der Waals surface area contributed by atoms with E-state index >= 15 is 0 Å². The van der Waals surface area contributed by atoms with Gasteiger partial charge in [-0.3, -0.25) is 0 Å². The number of hydrogen-bond donors (Lipinski definition) is 1. The summed E-state index contributed by atoms with van der Waals surface area (Å²) in [5, 5.41) is 4.39. The van der Waals surface area contributed by atoms with Crippen LogP contribution in [0.15, 0.2) is 47.3 Å². The smallest absolute Gasteiger partial charge is 0.134 e. The molecule has 0 saturated carbocycles. The van der Waals surface area contributed by atoms with Gasteiger partial charge in [-0.2, -0.15) is 0 Å². The third kappa shape index (κ3) is 1.71. The molecule has 1 unspecified atom stereocenters. The summed E-state index contributed by atoms with van der Waals surface area (Å²) in [7, 11) is 3.90. The monoisotopic (exact) mass is 241 g/mol. The molecule has 0 aliphatic heterocycles. The fraction of sp³-hybridized carbons (Fsp3) is 0.214. The van der Waals surface area contributed by atoms with E-state index in [-0.39, 0.29) is 6.04 Å². The Balaban J connectivity index is 2.09. The number of aryl methyl sites for hydroxylation is 1. The predicted octanol–water partition coefficient (Wildman–Crippen LogP) is 2.48. The lowest BCUT2D eigenvalue weighted by atomic mass is 10.1. The Hall–Kier alpha value is -2.07. The standard InChI is InChI=1S/C14H15N3O/c1-15-14(11-8-16-9-17(11)2)13-7-10-5-3-4-6-12(10)18-13/h3-9,14-15H,1-2H3. The van der Waals surface area contributed by atoms with Crippen LogP contribution in [0.5, 0.6) is 0 Å². The quantitative estimate of drug-likeness (QED) is 0.766. The number of para-hydroxylation sites is 1. The molecule has 0 radical (unpaired) electrons. The molecule has 0 fully saturated rings. The van der Waals surface area contributed by atoms with E-state index in [0.717, 1.165) is 22.4 Å². The fourth-order valence-electron chi connectivity index (χ4n) is 2.23. The Morgan fingerprint density at radius 3 is 2.83 bits per heavy atom. The van der Waals surface area contributed by atoms with Crippen molar-refractivity contribution in [3.63, 3.8) is 0 Å². The van der Waals surface area contributed by atoms with Crippen molar-refractivity contribution in [2.24, 2.45) is 7.05 Å². The first-order valence-electron chi connectivity index (χ1n) is 5.91. The zero-order chi connectivity index (χ0) is 12.5. The van der Waals surface area contributed by atoms with Gasteiger partial charge in [0.05, 0.1) is 18.2 Å². The molecule has 18 heavy (non-hydrogen) atoms. The van der Waals surface area contributed by atoms with E-state index in [9.17, 15) is 0 Å². The van der Waals surface area contributed by atoms with Gasteiger partial charge in [-0.1, -0.05) is 18.2 Å². The van der Waals surface area contributed by atoms with Gasteiger partial charge in [0.15, 0.2) is 0 Å². The van der Waals surface area contributed by atoms with Crippen molar-refractivity contribution < 1.29 is 4.42 Å². The summed E-state index contributed by atoms with van der Waals surface area (Å²) >= 11 is 0. The molecule has 4 heteroatoms. The number of nitrogens with zero attached hydrogens (tertiary/aromatic N) is 2. The molecule has 0 saturated heterocycles. The molecule has 1 N–H and O–H groups in total. The van der Waals surface area contributed by atoms with Crippen molar-refractivity contribution in [1.82, 2.24) is 14.9 Å². The topological polar surface area (TPSA) is 43.0 Å². The molecule has 92 valence electrons. The van der Waals surface area contributed by atoms with Gasteiger partial charge < -0.3 is 14.3 Å². The molecule has 0 bridgehead atoms. The second-order valence-electron chi connectivity index (χ2n) is 4.34. The van der Waals surface area contributed by atoms with Crippen LogP contribution in [0.1, 0.15) is 17.5 Å². The highest BCUT2D eigenvalue weighted by molar-refractivity contribution is 5.77. The molecule has 0 aliphatic carbocycles. The fourth-order valence-corrected chi connectivity index (χ4v) is 2.23. The Morgan fingerprint density at radius 2 is 2.17 bits per heavy atom. The van der Waals surface area contributed by atoms with E-state index in [0.29, 0.717) is 0 Å². The maximum Gasteiger partial charge on any atom is 0.134 e. The molecule has 1 atom stereocenters. The van der Waals surface area contributed by atoms with Crippen LogP contribution in [-0.4, -0.2) is 16.6 Å². The maximum atomic E-state index is 5.90. The minimum atomic E-state index is 0.0184. The molecule has 3 aromatic rings. The normalized spacial score (nSPS) is 13.0. The van der Waals surface area contributed by atoms with Gasteiger partial charge in [-0.15, -0.1) is 0 Å². The highest BCUT2D eigenvalue weighted by Gasteiger charge is 2.19. The first kappa shape index (κ1) is 11.0. The van der Waals surface area contributed by atoms with Gasteiger partial charge in [0.1, 0.15) is 17.4 Å². The molecule has 4 nitrogen and oxygen atoms in total. The lowest BCUT2D eigenvalue weighted by Crippen LogP contribution is -2.19. The van der Waals surface area contributed by atoms with Crippen molar-refractivity contribution in [3.8, 4) is 0 Å². The summed E-state index contributed by atoms with van der Waals surface area (Å²) in [5.74, 6) is 0.905. The van der Waals surface area contributed by atoms with Crippen molar-refractivity contribution in [2.75, 3.05) is 7.05 Å². The molecule has 0 aliphatic rings. The number of fused-ring (bicyclic) bond motifs is 1. The molecule has 0 amide bonds. The van der Waals surface area contributed by atoms with E-state index in [1.165, 1.54) is 0 Å². The van der Waals surface area contributed by atoms with E-state index in [1.807, 2.05) is 43.1 Å². The van der Waals surface area contributed by atoms with Crippen LogP contribution in [0, 0.1) is 0 Å². The van der Waals surface area contributed by atoms with Crippen molar-refractivity contribution in [3.05, 3.63) is 54.3 Å². The van der Waals surface area contributed by atoms with Gasteiger partial charge in [0, 0.05) is 12.4 Å². The summed E-state index contributed by atoms with van der Waals surface area (Å²) in [6, 6.07) is 10.1. The van der Waals surface area contributed by atoms with Crippen molar-refractivity contribution >= 4 is 11.0 Å². The lowest BCUT2D eigenvalue weighted by Gasteiger charge is -2.13. The lowest BCUT2D eigenvalue weighted by molar-refractivity contribution is 0.479. The van der Waals surface area contributed by atoms with Gasteiger partial charge in [-0.25, -0.2) is 4.98 Å². The van der Waals surface area contributed by atoms with E-state index in [1.54, 1.807) is 6.33 Å². The third-order valence-electron chi connectivity index (χ3n) is 3.17. The molecule has 3 rings (SSSR count). The van der Waals surface area contributed by atoms with Crippen molar-refractivity contribution in [2.45, 2.75) is 6.04 Å². The largest absolute Gasteiger partial charge is 0.459 e. The molecule has 2 aromatic heterocycles. The van der Waals surface area contributed by atoms with Gasteiger partial charge in [0.25, 0.3) is 0 Å². The van der Waals surface area contributed by atoms with Crippen LogP contribution < -0.4 is 5.32 Å². The summed E-state index contributed by atoms with van der Waals surface area (Å²) in [6.07, 6.45) is 3.65. The first-order valence-corrected chi connectivity index (χ1v) is 5.91. The Labute approximate surface area is 105 Å². The van der Waals surface area contributed by atoms with E-state index < -0.39 is 0 Å². The Bertz CT molecular complexity index is 635. The summed E-state index contributed by atoms with van der Waals surface area (Å²) in [5.41, 5.74) is 1.99. The molecular weight excluding hydrogens is 226 g/mol. The first-order chi connectivity index (χ1) is 8.79. The van der Waals surface area contributed by atoms with Gasteiger partial charge in [0.2, 0.25) is 0 Å². The molecular formula is C14H15N3O. The number of benzene rings is 1. The van der Waals surface area contributed by atoms with E-state index in [2.05, 4.69) is 22.4 Å². The van der Waals surface area contributed by atoms with Crippen LogP contribution in [0.4, 0.5) is 0 Å². The van der Waals surface area contributed by atoms with Crippen LogP contribution in [0.3, 0.4) is 0 Å². The Morgan fingerprint density at radius 1 is 1.33 bits per heavy atom. The zero-order valence-electron chi connectivity index (χ0n) is 10.4. The minimum absolute atomic E-state index is 0.0184. The minimum Gasteiger partial charge on any atom is -0.459 e. The highest BCUT2D eigenvalue weighted by atomic mass is 16.3. The van der Waals surface area contributed by atoms with Crippen LogP contribution in [0.25, 0.3) is 11.0 Å². The van der Waals surface area contributed by atoms with Crippen LogP contribution in [-0.2, 0) is 7.05 Å². The highest BCUT2D eigenvalue weighted by Crippen LogP contribution is 2.27. The number of imidazole rings is 1. The average molecular weight is 241 g/mol. The average Bonchev–Trinajstić information content (AvgIpc) is 2.97. The van der Waals surface area contributed by atoms with Gasteiger partial charge >= 0.3 is 0 Å². The second kappa shape index (κ2) is 4.31. The Kier molecular flexibility index (Phi) is 2.64. The number of nitrogens with one attached hydrogen (secondary N) is 1. The second-order valence-corrected chi connectivity index (χ2v) is 4.34. The van der Waals surface area contributed by atoms with Gasteiger partial charge in [-0.05, 0) is 19.2 Å². The summed E-state index contributed by atoms with van der Waals surface area (Å²) in [6.45, 7) is 0. The number of aromatic nitrogens is 2. The van der Waals surface area contributed by atoms with Crippen molar-refractivity contribution in [1.29, 1.82) is 0 Å². The molecule has 2 heterocycles. The molecule has 0 spiro atoms. The maximum absolute atomic E-state index is 5.90. The predicted molar refractivity (Wildman–Crippen MR) is 70.3 cm³/mol. The number of rotatable bonds is 3. The third-order valence-corrected chi connectivity index (χ3v) is 3.17. The number of hydrogen-bond acceptors (Lipinski definition) is 3. The SMILES string of the molecule is CNC(c1cc2ccccc2o1)c1cncn1C. The number of furan rings is 1. The zero-order valence-corrected chi connectivity index (χ0v) is 10.4. The van der Waals surface area contributed by atoms with E-state index in [4.69, 9.17) is 4.42 Å². The summed E-state index contributed by atoms with van der Waals surface area (Å²) < 4.78 is 7.89. The molecule has 1 aromatic carbocycles. The van der Waals surface area contributed by atoms with Crippen LogP contribution >= 0.6 is 0 Å². The van der Waals surface area contributed by atoms with Crippen LogP contribution in [0.2, 0.25) is 0 Å².